The Kier molecular flexibility index (Phi) is 5.32. The van der Waals surface area contributed by atoms with Gasteiger partial charge in [-0.05, 0) is 65.8 Å². The number of hydrogen-bond acceptors (Lipinski definition) is 4. The number of halogens is 2. The standard InChI is InChI=1S/C24H24FIN4O2/c1-24(2,3)23(31)30-22-15(13-27-30)12-18-20(28-22)19(26)21(14-8-10-32-11-9-14)29(18)17-6-4-16(25)5-7-17/h4-7,12-14H,8-11H2,1-3H3. The maximum atomic E-state index is 13.7. The Hall–Kier alpha value is -2.33. The first-order chi connectivity index (χ1) is 15.3. The van der Waals surface area contributed by atoms with Gasteiger partial charge in [0.15, 0.2) is 5.65 Å². The fourth-order valence-electron chi connectivity index (χ4n) is 4.30. The van der Waals surface area contributed by atoms with E-state index < -0.39 is 5.41 Å². The summed E-state index contributed by atoms with van der Waals surface area (Å²) in [4.78, 5) is 17.9. The molecule has 166 valence electrons. The van der Waals surface area contributed by atoms with Gasteiger partial charge in [-0.15, -0.1) is 0 Å². The van der Waals surface area contributed by atoms with Gasteiger partial charge in [-0.2, -0.15) is 9.78 Å². The summed E-state index contributed by atoms with van der Waals surface area (Å²) in [6.07, 6.45) is 3.53. The molecular formula is C24H24FIN4O2. The van der Waals surface area contributed by atoms with Crippen LogP contribution in [0.4, 0.5) is 4.39 Å². The number of nitrogens with zero attached hydrogens (tertiary/aromatic N) is 4. The van der Waals surface area contributed by atoms with E-state index in [0.29, 0.717) is 11.6 Å². The summed E-state index contributed by atoms with van der Waals surface area (Å²) in [5.41, 5.74) is 3.79. The number of rotatable bonds is 2. The van der Waals surface area contributed by atoms with Crippen LogP contribution in [0.5, 0.6) is 0 Å². The molecule has 1 saturated heterocycles. The van der Waals surface area contributed by atoms with E-state index in [1.807, 2.05) is 26.8 Å². The summed E-state index contributed by atoms with van der Waals surface area (Å²) in [7, 11) is 0. The fraction of sp³-hybridized carbons (Fsp3) is 0.375. The average Bonchev–Trinajstić information content (AvgIpc) is 3.31. The van der Waals surface area contributed by atoms with Gasteiger partial charge in [0.1, 0.15) is 11.3 Å². The molecule has 1 fully saturated rings. The first-order valence-electron chi connectivity index (χ1n) is 10.7. The molecule has 5 rings (SSSR count). The average molecular weight is 546 g/mol. The zero-order valence-corrected chi connectivity index (χ0v) is 20.4. The Bertz CT molecular complexity index is 1330. The lowest BCUT2D eigenvalue weighted by molar-refractivity contribution is 0.0754. The highest BCUT2D eigenvalue weighted by molar-refractivity contribution is 14.1. The number of ether oxygens (including phenoxy) is 1. The second kappa shape index (κ2) is 7.91. The van der Waals surface area contributed by atoms with Gasteiger partial charge < -0.3 is 9.30 Å². The van der Waals surface area contributed by atoms with Gasteiger partial charge in [-0.3, -0.25) is 4.79 Å². The Balaban J connectivity index is 1.79. The van der Waals surface area contributed by atoms with Crippen LogP contribution in [-0.2, 0) is 4.74 Å². The first kappa shape index (κ1) is 21.5. The second-order valence-electron chi connectivity index (χ2n) is 9.28. The molecular weight excluding hydrogens is 522 g/mol. The van der Waals surface area contributed by atoms with Crippen molar-refractivity contribution in [2.24, 2.45) is 5.41 Å². The lowest BCUT2D eigenvalue weighted by Gasteiger charge is -2.24. The molecule has 0 atom stereocenters. The van der Waals surface area contributed by atoms with Crippen LogP contribution < -0.4 is 0 Å². The van der Waals surface area contributed by atoms with Crippen LogP contribution in [0.1, 0.15) is 50.0 Å². The van der Waals surface area contributed by atoms with Crippen molar-refractivity contribution in [2.75, 3.05) is 13.2 Å². The van der Waals surface area contributed by atoms with E-state index in [4.69, 9.17) is 9.72 Å². The quantitative estimate of drug-likeness (QED) is 0.303. The van der Waals surface area contributed by atoms with Crippen LogP contribution in [0.15, 0.2) is 36.5 Å². The zero-order chi connectivity index (χ0) is 22.6. The number of pyridine rings is 1. The summed E-state index contributed by atoms with van der Waals surface area (Å²) < 4.78 is 23.9. The lowest BCUT2D eigenvalue weighted by atomic mass is 9.96. The minimum absolute atomic E-state index is 0.100. The second-order valence-corrected chi connectivity index (χ2v) is 10.4. The number of carbonyl (C=O) groups excluding carboxylic acids is 1. The molecule has 1 aliphatic heterocycles. The van der Waals surface area contributed by atoms with Crippen molar-refractivity contribution in [1.29, 1.82) is 0 Å². The number of fused-ring (bicyclic) bond motifs is 2. The van der Waals surface area contributed by atoms with Gasteiger partial charge in [-0.1, -0.05) is 20.8 Å². The zero-order valence-electron chi connectivity index (χ0n) is 18.2. The maximum Gasteiger partial charge on any atom is 0.254 e. The van der Waals surface area contributed by atoms with E-state index in [9.17, 15) is 9.18 Å². The van der Waals surface area contributed by atoms with Gasteiger partial charge >= 0.3 is 0 Å². The van der Waals surface area contributed by atoms with Crippen molar-refractivity contribution < 1.29 is 13.9 Å². The Labute approximate surface area is 198 Å². The molecule has 0 radical (unpaired) electrons. The predicted molar refractivity (Wildman–Crippen MR) is 130 cm³/mol. The molecule has 3 aromatic heterocycles. The minimum Gasteiger partial charge on any atom is -0.381 e. The maximum absolute atomic E-state index is 13.7. The topological polar surface area (TPSA) is 61.9 Å². The van der Waals surface area contributed by atoms with Gasteiger partial charge in [-0.25, -0.2) is 9.37 Å². The Morgan fingerprint density at radius 1 is 1.19 bits per heavy atom. The summed E-state index contributed by atoms with van der Waals surface area (Å²) in [5, 5.41) is 5.14. The SMILES string of the molecule is CC(C)(C)C(=O)n1ncc2cc3c(nc21)c(I)c(C1CCOCC1)n3-c1ccc(F)cc1. The third-order valence-corrected chi connectivity index (χ3v) is 7.03. The van der Waals surface area contributed by atoms with Crippen molar-refractivity contribution in [2.45, 2.75) is 39.5 Å². The number of aromatic nitrogens is 4. The summed E-state index contributed by atoms with van der Waals surface area (Å²) in [6, 6.07) is 8.59. The van der Waals surface area contributed by atoms with Gasteiger partial charge in [0.25, 0.3) is 5.91 Å². The smallest absolute Gasteiger partial charge is 0.254 e. The van der Waals surface area contributed by atoms with Crippen LogP contribution in [0.25, 0.3) is 27.8 Å². The summed E-state index contributed by atoms with van der Waals surface area (Å²) >= 11 is 2.36. The fourth-order valence-corrected chi connectivity index (χ4v) is 5.37. The van der Waals surface area contributed by atoms with Gasteiger partial charge in [0.05, 0.1) is 15.3 Å². The normalized spacial score (nSPS) is 15.7. The van der Waals surface area contributed by atoms with E-state index in [-0.39, 0.29) is 11.7 Å². The van der Waals surface area contributed by atoms with Crippen LogP contribution >= 0.6 is 22.6 Å². The van der Waals surface area contributed by atoms with Crippen LogP contribution in [-0.4, -0.2) is 38.5 Å². The molecule has 0 saturated carbocycles. The highest BCUT2D eigenvalue weighted by atomic mass is 127. The molecule has 32 heavy (non-hydrogen) atoms. The highest BCUT2D eigenvalue weighted by Gasteiger charge is 2.29. The van der Waals surface area contributed by atoms with Gasteiger partial charge in [0, 0.05) is 41.3 Å². The molecule has 0 N–H and O–H groups in total. The Morgan fingerprint density at radius 3 is 2.53 bits per heavy atom. The van der Waals surface area contributed by atoms with E-state index >= 15 is 0 Å². The van der Waals surface area contributed by atoms with Crippen molar-refractivity contribution in [3.05, 3.63) is 51.6 Å². The highest BCUT2D eigenvalue weighted by Crippen LogP contribution is 2.39. The number of benzene rings is 1. The van der Waals surface area contributed by atoms with Crippen molar-refractivity contribution >= 4 is 50.6 Å². The van der Waals surface area contributed by atoms with E-state index in [0.717, 1.165) is 57.4 Å². The molecule has 8 heteroatoms. The minimum atomic E-state index is -0.573. The third-order valence-electron chi connectivity index (χ3n) is 5.97. The molecule has 4 heterocycles. The van der Waals surface area contributed by atoms with E-state index in [1.54, 1.807) is 18.3 Å². The van der Waals surface area contributed by atoms with Crippen molar-refractivity contribution in [3.8, 4) is 5.69 Å². The molecule has 6 nitrogen and oxygen atoms in total. The van der Waals surface area contributed by atoms with Crippen LogP contribution in [0.2, 0.25) is 0 Å². The molecule has 1 aliphatic rings. The van der Waals surface area contributed by atoms with E-state index in [1.165, 1.54) is 16.8 Å². The van der Waals surface area contributed by atoms with Crippen LogP contribution in [0, 0.1) is 14.8 Å². The predicted octanol–water partition coefficient (Wildman–Crippen LogP) is 5.70. The van der Waals surface area contributed by atoms with Gasteiger partial charge in [0.2, 0.25) is 0 Å². The monoisotopic (exact) mass is 546 g/mol. The summed E-state index contributed by atoms with van der Waals surface area (Å²) in [5.74, 6) is -0.0577. The Morgan fingerprint density at radius 2 is 1.88 bits per heavy atom. The molecule has 4 aromatic rings. The molecule has 0 aliphatic carbocycles. The lowest BCUT2D eigenvalue weighted by Crippen LogP contribution is -2.27. The molecule has 0 unspecified atom stereocenters. The molecule has 0 amide bonds. The summed E-state index contributed by atoms with van der Waals surface area (Å²) in [6.45, 7) is 7.06. The number of carbonyl (C=O) groups is 1. The first-order valence-corrected chi connectivity index (χ1v) is 11.8. The van der Waals surface area contributed by atoms with Crippen LogP contribution in [0.3, 0.4) is 0 Å². The van der Waals surface area contributed by atoms with Crippen molar-refractivity contribution in [1.82, 2.24) is 19.3 Å². The third kappa shape index (κ3) is 3.53. The molecule has 0 spiro atoms. The molecule has 0 bridgehead atoms. The number of hydrogen-bond donors (Lipinski definition) is 0. The molecule has 1 aromatic carbocycles. The van der Waals surface area contributed by atoms with Crippen molar-refractivity contribution in [3.63, 3.8) is 0 Å². The largest absolute Gasteiger partial charge is 0.381 e. The van der Waals surface area contributed by atoms with E-state index in [2.05, 4.69) is 32.3 Å².